The van der Waals surface area contributed by atoms with Crippen LogP contribution in [0.3, 0.4) is 0 Å². The SMILES string of the molecule is CN(C(=O)c1cccnc1)[C@H](Cc1ccc(F)cc1F)C1CCN(C(=O)CC(C)(C)C)CC1. The Morgan fingerprint density at radius 1 is 1.18 bits per heavy atom. The van der Waals surface area contributed by atoms with E-state index >= 15 is 0 Å². The van der Waals surface area contributed by atoms with Crippen LogP contribution in [0.15, 0.2) is 42.7 Å². The van der Waals surface area contributed by atoms with Crippen molar-refractivity contribution in [2.24, 2.45) is 11.3 Å². The highest BCUT2D eigenvalue weighted by Crippen LogP contribution is 2.29. The normalized spacial score (nSPS) is 15.9. The summed E-state index contributed by atoms with van der Waals surface area (Å²) in [5.41, 5.74) is 0.758. The third-order valence-corrected chi connectivity index (χ3v) is 6.29. The lowest BCUT2D eigenvalue weighted by molar-refractivity contribution is -0.134. The van der Waals surface area contributed by atoms with Gasteiger partial charge in [0.2, 0.25) is 5.91 Å². The molecule has 1 atom stereocenters. The van der Waals surface area contributed by atoms with Crippen molar-refractivity contribution in [2.75, 3.05) is 20.1 Å². The summed E-state index contributed by atoms with van der Waals surface area (Å²) in [4.78, 5) is 33.4. The van der Waals surface area contributed by atoms with Crippen molar-refractivity contribution in [3.05, 3.63) is 65.5 Å². The molecule has 0 saturated carbocycles. The zero-order valence-electron chi connectivity index (χ0n) is 19.9. The second kappa shape index (κ2) is 10.4. The molecule has 0 spiro atoms. The molecule has 0 bridgehead atoms. The topological polar surface area (TPSA) is 53.5 Å². The van der Waals surface area contributed by atoms with Crippen LogP contribution < -0.4 is 0 Å². The molecule has 0 aliphatic carbocycles. The summed E-state index contributed by atoms with van der Waals surface area (Å²) >= 11 is 0. The molecule has 1 saturated heterocycles. The number of hydrogen-bond acceptors (Lipinski definition) is 3. The summed E-state index contributed by atoms with van der Waals surface area (Å²) in [5, 5.41) is 0. The van der Waals surface area contributed by atoms with Gasteiger partial charge >= 0.3 is 0 Å². The number of halogens is 2. The van der Waals surface area contributed by atoms with E-state index in [0.717, 1.165) is 6.07 Å². The van der Waals surface area contributed by atoms with Gasteiger partial charge in [0, 0.05) is 51.1 Å². The minimum atomic E-state index is -0.627. The summed E-state index contributed by atoms with van der Waals surface area (Å²) in [5.74, 6) is -1.21. The lowest BCUT2D eigenvalue weighted by Crippen LogP contribution is -2.48. The molecule has 1 aliphatic heterocycles. The first-order valence-corrected chi connectivity index (χ1v) is 11.4. The fourth-order valence-corrected chi connectivity index (χ4v) is 4.47. The summed E-state index contributed by atoms with van der Waals surface area (Å²) in [6.45, 7) is 7.35. The zero-order valence-corrected chi connectivity index (χ0v) is 19.9. The van der Waals surface area contributed by atoms with Crippen molar-refractivity contribution >= 4 is 11.8 Å². The van der Waals surface area contributed by atoms with E-state index in [0.29, 0.717) is 43.5 Å². The molecule has 1 aliphatic rings. The number of carbonyl (C=O) groups excluding carboxylic acids is 2. The molecule has 0 unspecified atom stereocenters. The van der Waals surface area contributed by atoms with Crippen LogP contribution in [0.5, 0.6) is 0 Å². The van der Waals surface area contributed by atoms with Gasteiger partial charge in [-0.1, -0.05) is 26.8 Å². The Kier molecular flexibility index (Phi) is 7.82. The predicted octanol–water partition coefficient (Wildman–Crippen LogP) is 4.72. The van der Waals surface area contributed by atoms with Crippen molar-refractivity contribution in [1.82, 2.24) is 14.8 Å². The molecule has 1 aromatic carbocycles. The van der Waals surface area contributed by atoms with Gasteiger partial charge in [0.25, 0.3) is 5.91 Å². The molecular formula is C26H33F2N3O2. The van der Waals surface area contributed by atoms with Gasteiger partial charge in [-0.15, -0.1) is 0 Å². The second-order valence-electron chi connectivity index (χ2n) is 10.1. The van der Waals surface area contributed by atoms with Crippen molar-refractivity contribution < 1.29 is 18.4 Å². The number of carbonyl (C=O) groups is 2. The molecule has 2 amide bonds. The Hall–Kier alpha value is -2.83. The number of rotatable bonds is 6. The molecule has 5 nitrogen and oxygen atoms in total. The number of hydrogen-bond donors (Lipinski definition) is 0. The lowest BCUT2D eigenvalue weighted by Gasteiger charge is -2.40. The monoisotopic (exact) mass is 457 g/mol. The van der Waals surface area contributed by atoms with E-state index in [2.05, 4.69) is 4.98 Å². The highest BCUT2D eigenvalue weighted by molar-refractivity contribution is 5.94. The van der Waals surface area contributed by atoms with E-state index in [1.54, 1.807) is 30.3 Å². The molecule has 0 N–H and O–H groups in total. The first-order chi connectivity index (χ1) is 15.5. The Balaban J connectivity index is 1.78. The maximum atomic E-state index is 14.5. The summed E-state index contributed by atoms with van der Waals surface area (Å²) in [6, 6.07) is 6.68. The van der Waals surface area contributed by atoms with Gasteiger partial charge in [-0.3, -0.25) is 14.6 Å². The molecule has 178 valence electrons. The van der Waals surface area contributed by atoms with Crippen molar-refractivity contribution in [1.29, 1.82) is 0 Å². The van der Waals surface area contributed by atoms with Gasteiger partial charge in [-0.2, -0.15) is 0 Å². The number of piperidine rings is 1. The number of pyridine rings is 1. The first kappa shape index (κ1) is 24.8. The molecule has 1 fully saturated rings. The third-order valence-electron chi connectivity index (χ3n) is 6.29. The van der Waals surface area contributed by atoms with Gasteiger partial charge in [0.05, 0.1) is 5.56 Å². The number of likely N-dealkylation sites (tertiary alicyclic amines) is 1. The Morgan fingerprint density at radius 3 is 2.45 bits per heavy atom. The highest BCUT2D eigenvalue weighted by Gasteiger charge is 2.34. The van der Waals surface area contributed by atoms with E-state index in [4.69, 9.17) is 0 Å². The Bertz CT molecular complexity index is 967. The fraction of sp³-hybridized carbons (Fsp3) is 0.500. The molecule has 0 radical (unpaired) electrons. The lowest BCUT2D eigenvalue weighted by atomic mass is 9.84. The van der Waals surface area contributed by atoms with Crippen molar-refractivity contribution in [3.63, 3.8) is 0 Å². The average molecular weight is 458 g/mol. The van der Waals surface area contributed by atoms with Crippen LogP contribution in [0, 0.1) is 23.0 Å². The largest absolute Gasteiger partial charge is 0.343 e. The first-order valence-electron chi connectivity index (χ1n) is 11.4. The predicted molar refractivity (Wildman–Crippen MR) is 124 cm³/mol. The summed E-state index contributed by atoms with van der Waals surface area (Å²) in [6.07, 6.45) is 5.31. The van der Waals surface area contributed by atoms with Gasteiger partial charge in [0.1, 0.15) is 11.6 Å². The molecule has 3 rings (SSSR count). The molecule has 2 aromatic rings. The van der Waals surface area contributed by atoms with Crippen LogP contribution in [0.25, 0.3) is 0 Å². The highest BCUT2D eigenvalue weighted by atomic mass is 19.1. The summed E-state index contributed by atoms with van der Waals surface area (Å²) < 4.78 is 27.9. The van der Waals surface area contributed by atoms with Crippen molar-refractivity contribution in [2.45, 2.75) is 52.5 Å². The Morgan fingerprint density at radius 2 is 1.88 bits per heavy atom. The van der Waals surface area contributed by atoms with Crippen LogP contribution in [-0.2, 0) is 11.2 Å². The van der Waals surface area contributed by atoms with Gasteiger partial charge in [-0.05, 0) is 54.4 Å². The van der Waals surface area contributed by atoms with E-state index in [1.807, 2.05) is 25.7 Å². The Labute approximate surface area is 194 Å². The van der Waals surface area contributed by atoms with Crippen molar-refractivity contribution in [3.8, 4) is 0 Å². The van der Waals surface area contributed by atoms with Crippen LogP contribution in [0.1, 0.15) is 56.0 Å². The van der Waals surface area contributed by atoms with E-state index in [9.17, 15) is 18.4 Å². The zero-order chi connectivity index (χ0) is 24.2. The van der Waals surface area contributed by atoms with Crippen LogP contribution in [-0.4, -0.2) is 52.8 Å². The number of aromatic nitrogens is 1. The quantitative estimate of drug-likeness (QED) is 0.631. The van der Waals surface area contributed by atoms with Gasteiger partial charge < -0.3 is 9.80 Å². The maximum Gasteiger partial charge on any atom is 0.255 e. The smallest absolute Gasteiger partial charge is 0.255 e. The molecule has 2 heterocycles. The number of nitrogens with zero attached hydrogens (tertiary/aromatic N) is 3. The molecule has 33 heavy (non-hydrogen) atoms. The van der Waals surface area contributed by atoms with Gasteiger partial charge in [0.15, 0.2) is 0 Å². The molecule has 1 aromatic heterocycles. The third kappa shape index (κ3) is 6.59. The minimum Gasteiger partial charge on any atom is -0.343 e. The number of benzene rings is 1. The van der Waals surface area contributed by atoms with E-state index in [1.165, 1.54) is 18.3 Å². The van der Waals surface area contributed by atoms with Crippen LogP contribution >= 0.6 is 0 Å². The van der Waals surface area contributed by atoms with Crippen LogP contribution in [0.2, 0.25) is 0 Å². The second-order valence-corrected chi connectivity index (χ2v) is 10.1. The number of amides is 2. The van der Waals surface area contributed by atoms with E-state index in [-0.39, 0.29) is 35.6 Å². The van der Waals surface area contributed by atoms with Crippen LogP contribution in [0.4, 0.5) is 8.78 Å². The maximum absolute atomic E-state index is 14.5. The summed E-state index contributed by atoms with van der Waals surface area (Å²) in [7, 11) is 1.72. The standard InChI is InChI=1S/C26H33F2N3O2/c1-26(2,3)16-24(32)31-12-9-18(10-13-31)23(14-19-7-8-21(27)15-22(19)28)30(4)25(33)20-6-5-11-29-17-20/h5-8,11,15,17-18,23H,9-10,12-14,16H2,1-4H3/t23-/m1/s1. The van der Waals surface area contributed by atoms with E-state index < -0.39 is 11.6 Å². The number of likely N-dealkylation sites (N-methyl/N-ethyl adjacent to an activating group) is 1. The molecule has 7 heteroatoms. The molecular weight excluding hydrogens is 424 g/mol. The van der Waals surface area contributed by atoms with Gasteiger partial charge in [-0.25, -0.2) is 8.78 Å². The fourth-order valence-electron chi connectivity index (χ4n) is 4.47. The average Bonchev–Trinajstić information content (AvgIpc) is 2.77. The minimum absolute atomic E-state index is 0.0765.